The molecule has 0 bridgehead atoms. The van der Waals surface area contributed by atoms with Crippen molar-refractivity contribution >= 4 is 5.97 Å². The zero-order valence-electron chi connectivity index (χ0n) is 13.6. The van der Waals surface area contributed by atoms with Crippen molar-refractivity contribution in [3.63, 3.8) is 0 Å². The average Bonchev–Trinajstić information content (AvgIpc) is 2.49. The Kier molecular flexibility index (Phi) is 8.49. The molecule has 0 amide bonds. The van der Waals surface area contributed by atoms with E-state index in [0.717, 1.165) is 31.2 Å². The molecule has 0 aromatic heterocycles. The topological polar surface area (TPSA) is 26.3 Å². The molecule has 0 N–H and O–H groups in total. The van der Waals surface area contributed by atoms with Crippen LogP contribution in [0.5, 0.6) is 0 Å². The number of hydrogen-bond donors (Lipinski definition) is 0. The summed E-state index contributed by atoms with van der Waals surface area (Å²) in [5.41, 5.74) is 2.30. The summed E-state index contributed by atoms with van der Waals surface area (Å²) in [5.74, 6) is -0.221. The number of carbonyl (C=O) groups excluding carboxylic acids is 1. The first-order valence-electron chi connectivity index (χ1n) is 8.10. The number of carbonyl (C=O) groups is 1. The number of rotatable bonds is 9. The lowest BCUT2D eigenvalue weighted by atomic mass is 9.95. The van der Waals surface area contributed by atoms with Gasteiger partial charge in [0.2, 0.25) is 0 Å². The van der Waals surface area contributed by atoms with Crippen molar-refractivity contribution < 1.29 is 9.53 Å². The summed E-state index contributed by atoms with van der Waals surface area (Å²) < 4.78 is 5.62. The van der Waals surface area contributed by atoms with E-state index in [9.17, 15) is 4.79 Å². The predicted octanol–water partition coefficient (Wildman–Crippen LogP) is 5.60. The van der Waals surface area contributed by atoms with Crippen molar-refractivity contribution in [1.82, 2.24) is 0 Å². The lowest BCUT2D eigenvalue weighted by molar-refractivity contribution is -0.145. The number of unbranched alkanes of at least 4 members (excludes halogenated alkanes) is 3. The van der Waals surface area contributed by atoms with Crippen molar-refractivity contribution in [3.05, 3.63) is 47.5 Å². The Morgan fingerprint density at radius 2 is 1.81 bits per heavy atom. The molecular formula is C19H28O2. The van der Waals surface area contributed by atoms with E-state index in [2.05, 4.69) is 19.9 Å². The Hall–Kier alpha value is -1.57. The van der Waals surface area contributed by atoms with E-state index >= 15 is 0 Å². The summed E-state index contributed by atoms with van der Waals surface area (Å²) in [6, 6.07) is 10.0. The summed E-state index contributed by atoms with van der Waals surface area (Å²) in [4.78, 5) is 11.5. The Morgan fingerprint density at radius 1 is 1.14 bits per heavy atom. The van der Waals surface area contributed by atoms with Gasteiger partial charge in [-0.2, -0.15) is 0 Å². The van der Waals surface area contributed by atoms with Crippen LogP contribution < -0.4 is 0 Å². The molecule has 0 saturated heterocycles. The lowest BCUT2D eigenvalue weighted by Gasteiger charge is -2.21. The van der Waals surface area contributed by atoms with E-state index in [1.807, 2.05) is 30.3 Å². The minimum absolute atomic E-state index is 0.221. The molecule has 0 aliphatic rings. The van der Waals surface area contributed by atoms with Crippen LogP contribution in [0.4, 0.5) is 0 Å². The van der Waals surface area contributed by atoms with E-state index in [-0.39, 0.29) is 12.1 Å². The monoisotopic (exact) mass is 288 g/mol. The average molecular weight is 288 g/mol. The molecule has 21 heavy (non-hydrogen) atoms. The molecule has 1 rings (SSSR count). The van der Waals surface area contributed by atoms with Gasteiger partial charge in [-0.15, -0.1) is 0 Å². The Labute approximate surface area is 129 Å². The Balaban J connectivity index is 2.98. The molecular weight excluding hydrogens is 260 g/mol. The van der Waals surface area contributed by atoms with Gasteiger partial charge < -0.3 is 4.74 Å². The fraction of sp³-hybridized carbons (Fsp3) is 0.526. The molecule has 0 aliphatic carbocycles. The molecule has 0 fully saturated rings. The van der Waals surface area contributed by atoms with Gasteiger partial charge in [-0.25, -0.2) is 0 Å². The van der Waals surface area contributed by atoms with Crippen LogP contribution in [0.25, 0.3) is 0 Å². The van der Waals surface area contributed by atoms with E-state index in [1.165, 1.54) is 25.3 Å². The molecule has 1 atom stereocenters. The Morgan fingerprint density at radius 3 is 2.38 bits per heavy atom. The van der Waals surface area contributed by atoms with Crippen LogP contribution >= 0.6 is 0 Å². The molecule has 1 aromatic carbocycles. The summed E-state index contributed by atoms with van der Waals surface area (Å²) in [6.45, 7) is 5.87. The minimum Gasteiger partial charge on any atom is -0.453 e. The second kappa shape index (κ2) is 10.2. The van der Waals surface area contributed by atoms with Gasteiger partial charge in [0.25, 0.3) is 0 Å². The minimum atomic E-state index is -0.230. The highest BCUT2D eigenvalue weighted by Crippen LogP contribution is 2.30. The normalized spacial score (nSPS) is 13.0. The molecule has 2 nitrogen and oxygen atoms in total. The number of allylic oxidation sites excluding steroid dienone is 1. The number of esters is 1. The first-order valence-corrected chi connectivity index (χ1v) is 8.10. The van der Waals surface area contributed by atoms with E-state index in [1.54, 1.807) is 0 Å². The maximum atomic E-state index is 11.5. The second-order valence-electron chi connectivity index (χ2n) is 5.42. The first-order chi connectivity index (χ1) is 10.2. The molecule has 0 aliphatic heterocycles. The molecule has 116 valence electrons. The highest BCUT2D eigenvalue weighted by atomic mass is 16.5. The van der Waals surface area contributed by atoms with Crippen LogP contribution in [0.2, 0.25) is 0 Å². The molecule has 0 radical (unpaired) electrons. The quantitative estimate of drug-likeness (QED) is 0.336. The van der Waals surface area contributed by atoms with Crippen molar-refractivity contribution in [2.24, 2.45) is 0 Å². The first kappa shape index (κ1) is 17.5. The van der Waals surface area contributed by atoms with Crippen LogP contribution in [-0.4, -0.2) is 5.97 Å². The van der Waals surface area contributed by atoms with Crippen LogP contribution in [0.3, 0.4) is 0 Å². The maximum absolute atomic E-state index is 11.5. The SMILES string of the molecule is CCCC/C=C(\CCCC)C(OC(C)=O)c1ccccc1. The zero-order valence-corrected chi connectivity index (χ0v) is 13.6. The maximum Gasteiger partial charge on any atom is 0.303 e. The van der Waals surface area contributed by atoms with Crippen molar-refractivity contribution in [1.29, 1.82) is 0 Å². The van der Waals surface area contributed by atoms with Gasteiger partial charge in [0.1, 0.15) is 6.10 Å². The van der Waals surface area contributed by atoms with Crippen molar-refractivity contribution in [2.45, 2.75) is 65.4 Å². The van der Waals surface area contributed by atoms with Gasteiger partial charge in [-0.1, -0.05) is 69.5 Å². The highest BCUT2D eigenvalue weighted by molar-refractivity contribution is 5.66. The molecule has 1 unspecified atom stereocenters. The molecule has 0 saturated carbocycles. The molecule has 0 spiro atoms. The number of hydrogen-bond acceptors (Lipinski definition) is 2. The summed E-state index contributed by atoms with van der Waals surface area (Å²) in [6.07, 6.45) is 8.73. The van der Waals surface area contributed by atoms with Crippen LogP contribution in [0.1, 0.15) is 71.0 Å². The smallest absolute Gasteiger partial charge is 0.303 e. The van der Waals surface area contributed by atoms with Gasteiger partial charge in [-0.05, 0) is 30.4 Å². The predicted molar refractivity (Wildman–Crippen MR) is 88.1 cm³/mol. The third kappa shape index (κ3) is 6.61. The molecule has 1 aromatic rings. The van der Waals surface area contributed by atoms with E-state index in [0.29, 0.717) is 0 Å². The lowest BCUT2D eigenvalue weighted by Crippen LogP contribution is -2.11. The third-order valence-corrected chi connectivity index (χ3v) is 3.51. The van der Waals surface area contributed by atoms with E-state index < -0.39 is 0 Å². The van der Waals surface area contributed by atoms with Crippen LogP contribution in [-0.2, 0) is 9.53 Å². The van der Waals surface area contributed by atoms with Gasteiger partial charge >= 0.3 is 5.97 Å². The van der Waals surface area contributed by atoms with Gasteiger partial charge in [0, 0.05) is 6.92 Å². The zero-order chi connectivity index (χ0) is 15.5. The largest absolute Gasteiger partial charge is 0.453 e. The summed E-state index contributed by atoms with van der Waals surface area (Å²) in [5, 5.41) is 0. The summed E-state index contributed by atoms with van der Waals surface area (Å²) in [7, 11) is 0. The number of benzene rings is 1. The fourth-order valence-corrected chi connectivity index (χ4v) is 2.36. The van der Waals surface area contributed by atoms with Crippen LogP contribution in [0, 0.1) is 0 Å². The Bertz CT molecular complexity index is 434. The summed E-state index contributed by atoms with van der Waals surface area (Å²) >= 11 is 0. The van der Waals surface area contributed by atoms with Gasteiger partial charge in [-0.3, -0.25) is 4.79 Å². The third-order valence-electron chi connectivity index (χ3n) is 3.51. The van der Waals surface area contributed by atoms with E-state index in [4.69, 9.17) is 4.74 Å². The van der Waals surface area contributed by atoms with Crippen LogP contribution in [0.15, 0.2) is 42.0 Å². The standard InChI is InChI=1S/C19H28O2/c1-4-6-9-13-17(12-7-5-2)19(21-16(3)20)18-14-10-8-11-15-18/h8,10-11,13-15,19H,4-7,9,12H2,1-3H3/b17-13+. The van der Waals surface area contributed by atoms with Gasteiger partial charge in [0.15, 0.2) is 0 Å². The molecule has 2 heteroatoms. The van der Waals surface area contributed by atoms with Crippen molar-refractivity contribution in [3.8, 4) is 0 Å². The van der Waals surface area contributed by atoms with Crippen molar-refractivity contribution in [2.75, 3.05) is 0 Å². The van der Waals surface area contributed by atoms with Gasteiger partial charge in [0.05, 0.1) is 0 Å². The fourth-order valence-electron chi connectivity index (χ4n) is 2.36. The second-order valence-corrected chi connectivity index (χ2v) is 5.42. The number of ether oxygens (including phenoxy) is 1. The highest BCUT2D eigenvalue weighted by Gasteiger charge is 2.19. The molecule has 0 heterocycles.